The first-order valence-corrected chi connectivity index (χ1v) is 8.86. The molecule has 1 heterocycles. The summed E-state index contributed by atoms with van der Waals surface area (Å²) in [6, 6.07) is 3.06. The summed E-state index contributed by atoms with van der Waals surface area (Å²) in [6.45, 7) is 9.93. The van der Waals surface area contributed by atoms with E-state index in [-0.39, 0.29) is 24.2 Å². The maximum absolute atomic E-state index is 15.2. The van der Waals surface area contributed by atoms with Crippen LogP contribution in [0.15, 0.2) is 23.9 Å². The summed E-state index contributed by atoms with van der Waals surface area (Å²) in [5.41, 5.74) is -2.11. The van der Waals surface area contributed by atoms with Crippen molar-refractivity contribution in [3.05, 3.63) is 41.1 Å². The first kappa shape index (κ1) is 21.0. The highest BCUT2D eigenvalue weighted by Crippen LogP contribution is 2.41. The lowest BCUT2D eigenvalue weighted by atomic mass is 9.81. The number of hydrogen-bond acceptors (Lipinski definition) is 3. The molecule has 0 amide bonds. The van der Waals surface area contributed by atoms with Crippen LogP contribution in [0, 0.1) is 11.6 Å². The largest absolute Gasteiger partial charge is 0.525 e. The van der Waals surface area contributed by atoms with Gasteiger partial charge in [0.05, 0.1) is 17.8 Å². The topological polar surface area (TPSA) is 27.7 Å². The molecule has 26 heavy (non-hydrogen) atoms. The smallest absolute Gasteiger partial charge is 0.398 e. The molecule has 1 aromatic carbocycles. The summed E-state index contributed by atoms with van der Waals surface area (Å²) in [7, 11) is -1.24. The Balaban J connectivity index is 2.37. The highest BCUT2D eigenvalue weighted by Gasteiger charge is 2.53. The van der Waals surface area contributed by atoms with Crippen LogP contribution in [0.25, 0.3) is 5.57 Å². The van der Waals surface area contributed by atoms with Gasteiger partial charge in [0.1, 0.15) is 17.4 Å². The van der Waals surface area contributed by atoms with Crippen LogP contribution in [0.2, 0.25) is 0 Å². The third-order valence-corrected chi connectivity index (χ3v) is 4.85. The van der Waals surface area contributed by atoms with Gasteiger partial charge in [-0.15, -0.1) is 0 Å². The van der Waals surface area contributed by atoms with Gasteiger partial charge < -0.3 is 14.0 Å². The van der Waals surface area contributed by atoms with Gasteiger partial charge in [-0.2, -0.15) is 0 Å². The summed E-state index contributed by atoms with van der Waals surface area (Å²) in [5.74, 6) is -1.55. The fourth-order valence-electron chi connectivity index (χ4n) is 2.63. The van der Waals surface area contributed by atoms with Crippen LogP contribution < -0.4 is 0 Å². The average molecular weight is 370 g/mol. The zero-order valence-corrected chi connectivity index (χ0v) is 16.0. The molecule has 0 radical (unpaired) electrons. The van der Waals surface area contributed by atoms with Crippen LogP contribution in [0.1, 0.15) is 53.0 Å². The maximum atomic E-state index is 15.2. The fraction of sp³-hybridized carbons (Fsp3) is 0.579. The number of benzene rings is 1. The van der Waals surface area contributed by atoms with Gasteiger partial charge in [-0.05, 0) is 58.2 Å². The van der Waals surface area contributed by atoms with Crippen molar-refractivity contribution in [2.45, 2.75) is 58.7 Å². The molecule has 0 spiro atoms. The molecule has 0 bridgehead atoms. The number of ether oxygens (including phenoxy) is 1. The van der Waals surface area contributed by atoms with Crippen molar-refractivity contribution in [3.63, 3.8) is 0 Å². The van der Waals surface area contributed by atoms with E-state index in [0.717, 1.165) is 18.6 Å². The molecule has 1 aliphatic heterocycles. The Morgan fingerprint density at radius 2 is 1.69 bits per heavy atom. The lowest BCUT2D eigenvalue weighted by Crippen LogP contribution is -2.41. The normalized spacial score (nSPS) is 19.6. The van der Waals surface area contributed by atoms with E-state index in [1.165, 1.54) is 6.07 Å². The minimum atomic E-state index is -1.24. The van der Waals surface area contributed by atoms with E-state index < -0.39 is 35.7 Å². The summed E-state index contributed by atoms with van der Waals surface area (Å²) in [5, 5.41) is 0. The third-order valence-electron chi connectivity index (χ3n) is 4.85. The quantitative estimate of drug-likeness (QED) is 0.494. The second-order valence-corrected chi connectivity index (χ2v) is 7.40. The molecule has 0 atom stereocenters. The SMILES string of the molecule is CCCOCCC(=C(F)B1OC(C)(C)C(C)(C)O1)c1ccc(F)cc1F. The van der Waals surface area contributed by atoms with Crippen molar-refractivity contribution in [1.82, 2.24) is 0 Å². The van der Waals surface area contributed by atoms with Gasteiger partial charge in [0.25, 0.3) is 0 Å². The molecule has 144 valence electrons. The summed E-state index contributed by atoms with van der Waals surface area (Å²) in [4.78, 5) is 0. The zero-order chi connectivity index (χ0) is 19.5. The Morgan fingerprint density at radius 1 is 1.08 bits per heavy atom. The van der Waals surface area contributed by atoms with Crippen molar-refractivity contribution in [3.8, 4) is 0 Å². The molecule has 0 N–H and O–H groups in total. The second-order valence-electron chi connectivity index (χ2n) is 7.40. The van der Waals surface area contributed by atoms with Crippen LogP contribution in [-0.4, -0.2) is 31.5 Å². The van der Waals surface area contributed by atoms with Gasteiger partial charge >= 0.3 is 7.12 Å². The maximum Gasteiger partial charge on any atom is 0.525 e. The van der Waals surface area contributed by atoms with Crippen LogP contribution in [0.4, 0.5) is 13.2 Å². The van der Waals surface area contributed by atoms with E-state index in [1.54, 1.807) is 0 Å². The summed E-state index contributed by atoms with van der Waals surface area (Å²) < 4.78 is 59.6. The molecular formula is C19H26BF3O3. The van der Waals surface area contributed by atoms with Gasteiger partial charge in [0, 0.05) is 18.2 Å². The van der Waals surface area contributed by atoms with Crippen molar-refractivity contribution < 1.29 is 27.2 Å². The van der Waals surface area contributed by atoms with Crippen molar-refractivity contribution in [2.75, 3.05) is 13.2 Å². The monoisotopic (exact) mass is 370 g/mol. The van der Waals surface area contributed by atoms with Gasteiger partial charge in [0.2, 0.25) is 0 Å². The predicted molar refractivity (Wildman–Crippen MR) is 96.2 cm³/mol. The number of hydrogen-bond donors (Lipinski definition) is 0. The van der Waals surface area contributed by atoms with Gasteiger partial charge in [-0.25, -0.2) is 13.2 Å². The summed E-state index contributed by atoms with van der Waals surface area (Å²) >= 11 is 0. The van der Waals surface area contributed by atoms with E-state index in [0.29, 0.717) is 6.61 Å². The van der Waals surface area contributed by atoms with Crippen LogP contribution in [0.5, 0.6) is 0 Å². The van der Waals surface area contributed by atoms with Crippen molar-refractivity contribution in [1.29, 1.82) is 0 Å². The molecule has 1 aromatic rings. The Bertz CT molecular complexity index is 658. The standard InChI is InChI=1S/C19H26BF3O3/c1-6-10-24-11-9-15(14-8-7-13(21)12-16(14)22)17(23)20-25-18(2,3)19(4,5)26-20/h7-8,12H,6,9-11H2,1-5H3. The first-order chi connectivity index (χ1) is 12.1. The number of halogens is 3. The van der Waals surface area contributed by atoms with E-state index in [1.807, 2.05) is 34.6 Å². The molecule has 3 nitrogen and oxygen atoms in total. The van der Waals surface area contributed by atoms with Gasteiger partial charge in [-0.3, -0.25) is 0 Å². The predicted octanol–water partition coefficient (Wildman–Crippen LogP) is 5.09. The highest BCUT2D eigenvalue weighted by molar-refractivity contribution is 6.55. The minimum absolute atomic E-state index is 0.0151. The van der Waals surface area contributed by atoms with Crippen molar-refractivity contribution >= 4 is 12.7 Å². The van der Waals surface area contributed by atoms with Gasteiger partial charge in [-0.1, -0.05) is 6.92 Å². The number of rotatable bonds is 7. The first-order valence-electron chi connectivity index (χ1n) is 8.86. The zero-order valence-electron chi connectivity index (χ0n) is 16.0. The van der Waals surface area contributed by atoms with E-state index in [2.05, 4.69) is 0 Å². The Kier molecular flexibility index (Phi) is 6.58. The minimum Gasteiger partial charge on any atom is -0.398 e. The Labute approximate surface area is 153 Å². The molecule has 1 saturated heterocycles. The Morgan fingerprint density at radius 3 is 2.23 bits per heavy atom. The molecular weight excluding hydrogens is 344 g/mol. The van der Waals surface area contributed by atoms with E-state index in [9.17, 15) is 8.78 Å². The van der Waals surface area contributed by atoms with E-state index in [4.69, 9.17) is 14.0 Å². The molecule has 0 saturated carbocycles. The lowest BCUT2D eigenvalue weighted by Gasteiger charge is -2.32. The molecule has 1 aliphatic rings. The molecule has 2 rings (SSSR count). The molecule has 0 unspecified atom stereocenters. The average Bonchev–Trinajstić information content (AvgIpc) is 2.76. The highest BCUT2D eigenvalue weighted by atomic mass is 19.1. The Hall–Kier alpha value is -1.31. The van der Waals surface area contributed by atoms with Crippen LogP contribution in [0.3, 0.4) is 0 Å². The fourth-order valence-corrected chi connectivity index (χ4v) is 2.63. The van der Waals surface area contributed by atoms with E-state index >= 15 is 4.39 Å². The summed E-state index contributed by atoms with van der Waals surface area (Å²) in [6.07, 6.45) is 0.947. The molecule has 1 fully saturated rings. The van der Waals surface area contributed by atoms with Crippen LogP contribution >= 0.6 is 0 Å². The lowest BCUT2D eigenvalue weighted by molar-refractivity contribution is 0.00578. The molecule has 0 aliphatic carbocycles. The second kappa shape index (κ2) is 8.15. The van der Waals surface area contributed by atoms with Crippen LogP contribution in [-0.2, 0) is 14.0 Å². The van der Waals surface area contributed by atoms with Crippen molar-refractivity contribution in [2.24, 2.45) is 0 Å². The van der Waals surface area contributed by atoms with Gasteiger partial charge in [0.15, 0.2) is 0 Å². The molecule has 0 aromatic heterocycles. The molecule has 7 heteroatoms. The third kappa shape index (κ3) is 4.50.